The number of carbonyl (C=O) groups is 3. The highest BCUT2D eigenvalue weighted by Crippen LogP contribution is 2.40. The maximum atomic E-state index is 12.9. The summed E-state index contributed by atoms with van der Waals surface area (Å²) in [7, 11) is 0. The zero-order chi connectivity index (χ0) is 22.6. The van der Waals surface area contributed by atoms with Crippen molar-refractivity contribution in [2.75, 3.05) is 0 Å². The lowest BCUT2D eigenvalue weighted by Gasteiger charge is -2.14. The van der Waals surface area contributed by atoms with Crippen LogP contribution >= 0.6 is 0 Å². The molecule has 0 amide bonds. The molecule has 2 rings (SSSR count). The summed E-state index contributed by atoms with van der Waals surface area (Å²) in [5.74, 6) is -3.91. The summed E-state index contributed by atoms with van der Waals surface area (Å²) in [6.45, 7) is 8.14. The average molecular weight is 413 g/mol. The smallest absolute Gasteiger partial charge is 0.316 e. The Hall–Kier alpha value is -3.55. The number of ketones is 1. The number of hydrogen-bond donors (Lipinski definition) is 0. The van der Waals surface area contributed by atoms with Crippen LogP contribution in [0.15, 0.2) is 36.4 Å². The van der Waals surface area contributed by atoms with E-state index in [1.165, 1.54) is 6.07 Å². The third-order valence-electron chi connectivity index (χ3n) is 4.16. The van der Waals surface area contributed by atoms with Crippen LogP contribution in [0.3, 0.4) is 0 Å². The van der Waals surface area contributed by atoms with Crippen LogP contribution in [0.2, 0.25) is 0 Å². The van der Waals surface area contributed by atoms with Crippen LogP contribution in [0, 0.1) is 28.9 Å². The van der Waals surface area contributed by atoms with Crippen molar-refractivity contribution in [3.8, 4) is 11.5 Å². The fourth-order valence-corrected chi connectivity index (χ4v) is 2.35. The monoisotopic (exact) mass is 413 g/mol. The molecule has 0 atom stereocenters. The fourth-order valence-electron chi connectivity index (χ4n) is 2.35. The normalized spacial score (nSPS) is 10.8. The predicted octanol–water partition coefficient (Wildman–Crippen LogP) is 4.26. The van der Waals surface area contributed by atoms with E-state index in [-0.39, 0.29) is 11.3 Å². The van der Waals surface area contributed by atoms with Crippen molar-refractivity contribution < 1.29 is 28.8 Å². The molecule has 0 unspecified atom stereocenters. The van der Waals surface area contributed by atoms with Gasteiger partial charge in [-0.05, 0) is 13.0 Å². The van der Waals surface area contributed by atoms with Crippen molar-refractivity contribution >= 4 is 23.4 Å². The standard InChI is InChI=1S/C22H23NO7/c1-12(2)21(25)29-18-11-16(19(24)15-8-6-14(5)7-9-15)10-17(23(27)28)20(18)30-22(26)13(3)4/h6-13H,1-5H3. The molecule has 0 aliphatic carbocycles. The second-order valence-electron chi connectivity index (χ2n) is 7.43. The molecule has 0 radical (unpaired) electrons. The third-order valence-corrected chi connectivity index (χ3v) is 4.16. The van der Waals surface area contributed by atoms with Gasteiger partial charge in [0.05, 0.1) is 16.8 Å². The second-order valence-corrected chi connectivity index (χ2v) is 7.43. The molecule has 2 aromatic rings. The van der Waals surface area contributed by atoms with Crippen LogP contribution in [-0.2, 0) is 9.59 Å². The van der Waals surface area contributed by atoms with Gasteiger partial charge in [-0.2, -0.15) is 0 Å². The molecule has 0 N–H and O–H groups in total. The van der Waals surface area contributed by atoms with E-state index in [9.17, 15) is 24.5 Å². The number of aryl methyl sites for hydroxylation is 1. The van der Waals surface area contributed by atoms with E-state index in [4.69, 9.17) is 9.47 Å². The predicted molar refractivity (Wildman–Crippen MR) is 109 cm³/mol. The highest BCUT2D eigenvalue weighted by atomic mass is 16.6. The molecule has 0 saturated carbocycles. The summed E-state index contributed by atoms with van der Waals surface area (Å²) in [6, 6.07) is 8.85. The number of esters is 2. The van der Waals surface area contributed by atoms with Gasteiger partial charge >= 0.3 is 17.6 Å². The maximum Gasteiger partial charge on any atom is 0.316 e. The Labute approximate surface area is 174 Å². The van der Waals surface area contributed by atoms with Crippen molar-refractivity contribution in [1.82, 2.24) is 0 Å². The van der Waals surface area contributed by atoms with E-state index < -0.39 is 45.9 Å². The van der Waals surface area contributed by atoms with E-state index in [0.717, 1.165) is 11.6 Å². The van der Waals surface area contributed by atoms with Gasteiger partial charge in [-0.1, -0.05) is 57.5 Å². The first-order valence-corrected chi connectivity index (χ1v) is 9.38. The van der Waals surface area contributed by atoms with E-state index in [1.54, 1.807) is 52.0 Å². The molecule has 0 aliphatic heterocycles. The molecule has 2 aromatic carbocycles. The lowest BCUT2D eigenvalue weighted by molar-refractivity contribution is -0.385. The first-order valence-electron chi connectivity index (χ1n) is 9.38. The van der Waals surface area contributed by atoms with Crippen molar-refractivity contribution in [2.45, 2.75) is 34.6 Å². The van der Waals surface area contributed by atoms with Crippen LogP contribution in [0.5, 0.6) is 11.5 Å². The number of nitrogens with zero attached hydrogens (tertiary/aromatic N) is 1. The average Bonchev–Trinajstić information content (AvgIpc) is 2.68. The lowest BCUT2D eigenvalue weighted by Crippen LogP contribution is -2.19. The molecule has 0 heterocycles. The third kappa shape index (κ3) is 5.28. The van der Waals surface area contributed by atoms with Gasteiger partial charge in [0.2, 0.25) is 0 Å². The molecule has 0 aromatic heterocycles. The Bertz CT molecular complexity index is 991. The number of hydrogen-bond acceptors (Lipinski definition) is 7. The van der Waals surface area contributed by atoms with Gasteiger partial charge in [-0.15, -0.1) is 0 Å². The molecule has 8 heteroatoms. The zero-order valence-corrected chi connectivity index (χ0v) is 17.4. The summed E-state index contributed by atoms with van der Waals surface area (Å²) in [6.07, 6.45) is 0. The molecule has 0 aliphatic rings. The number of nitro benzene ring substituents is 1. The van der Waals surface area contributed by atoms with Crippen LogP contribution in [0.25, 0.3) is 0 Å². The van der Waals surface area contributed by atoms with Gasteiger partial charge in [0.25, 0.3) is 5.75 Å². The van der Waals surface area contributed by atoms with Crippen LogP contribution in [-0.4, -0.2) is 22.6 Å². The minimum absolute atomic E-state index is 0.0681. The highest BCUT2D eigenvalue weighted by molar-refractivity contribution is 6.10. The SMILES string of the molecule is Cc1ccc(C(=O)c2cc(OC(=O)C(C)C)c(OC(=O)C(C)C)c([N+](=O)[O-])c2)cc1. The van der Waals surface area contributed by atoms with E-state index in [2.05, 4.69) is 0 Å². The minimum atomic E-state index is -0.790. The summed E-state index contributed by atoms with van der Waals surface area (Å²) in [4.78, 5) is 48.0. The maximum absolute atomic E-state index is 12.9. The summed E-state index contributed by atoms with van der Waals surface area (Å²) >= 11 is 0. The second kappa shape index (κ2) is 9.30. The van der Waals surface area contributed by atoms with E-state index >= 15 is 0 Å². The lowest BCUT2D eigenvalue weighted by atomic mass is 10.0. The Morgan fingerprint density at radius 3 is 1.90 bits per heavy atom. The topological polar surface area (TPSA) is 113 Å². The molecule has 158 valence electrons. The number of carbonyl (C=O) groups excluding carboxylic acids is 3. The summed E-state index contributed by atoms with van der Waals surface area (Å²) < 4.78 is 10.4. The van der Waals surface area contributed by atoms with Crippen molar-refractivity contribution in [3.63, 3.8) is 0 Å². The van der Waals surface area contributed by atoms with E-state index in [0.29, 0.717) is 5.56 Å². The fraction of sp³-hybridized carbons (Fsp3) is 0.318. The molecular weight excluding hydrogens is 390 g/mol. The Morgan fingerprint density at radius 1 is 0.867 bits per heavy atom. The molecular formula is C22H23NO7. The highest BCUT2D eigenvalue weighted by Gasteiger charge is 2.29. The van der Waals surface area contributed by atoms with Crippen molar-refractivity contribution in [3.05, 3.63) is 63.2 Å². The van der Waals surface area contributed by atoms with Crippen molar-refractivity contribution in [2.24, 2.45) is 11.8 Å². The van der Waals surface area contributed by atoms with Crippen molar-refractivity contribution in [1.29, 1.82) is 0 Å². The first kappa shape index (κ1) is 22.7. The largest absolute Gasteiger partial charge is 0.422 e. The van der Waals surface area contributed by atoms with E-state index in [1.807, 2.05) is 6.92 Å². The molecule has 0 spiro atoms. The quantitative estimate of drug-likeness (QED) is 0.219. The van der Waals surface area contributed by atoms with Gasteiger partial charge in [-0.3, -0.25) is 24.5 Å². The van der Waals surface area contributed by atoms with Gasteiger partial charge in [0, 0.05) is 17.2 Å². The number of ether oxygens (including phenoxy) is 2. The van der Waals surface area contributed by atoms with Gasteiger partial charge in [-0.25, -0.2) is 0 Å². The molecule has 0 bridgehead atoms. The molecule has 0 fully saturated rings. The number of nitro groups is 1. The van der Waals surface area contributed by atoms with Crippen LogP contribution < -0.4 is 9.47 Å². The van der Waals surface area contributed by atoms with Gasteiger partial charge in [0.15, 0.2) is 11.5 Å². The zero-order valence-electron chi connectivity index (χ0n) is 17.4. The first-order chi connectivity index (χ1) is 14.0. The van der Waals surface area contributed by atoms with Crippen LogP contribution in [0.1, 0.15) is 49.2 Å². The van der Waals surface area contributed by atoms with Crippen LogP contribution in [0.4, 0.5) is 5.69 Å². The van der Waals surface area contributed by atoms with Gasteiger partial charge < -0.3 is 9.47 Å². The Balaban J connectivity index is 2.64. The Kier molecular flexibility index (Phi) is 7.05. The summed E-state index contributed by atoms with van der Waals surface area (Å²) in [5.41, 5.74) is 0.540. The molecule has 0 saturated heterocycles. The molecule has 8 nitrogen and oxygen atoms in total. The minimum Gasteiger partial charge on any atom is -0.422 e. The molecule has 30 heavy (non-hydrogen) atoms. The summed E-state index contributed by atoms with van der Waals surface area (Å²) in [5, 5.41) is 11.7. The number of benzene rings is 2. The number of rotatable bonds is 7. The van der Waals surface area contributed by atoms with Gasteiger partial charge in [0.1, 0.15) is 0 Å². The Morgan fingerprint density at radius 2 is 1.40 bits per heavy atom.